The molecule has 0 bridgehead atoms. The number of hydrazone groups is 1. The van der Waals surface area contributed by atoms with Crippen LogP contribution in [0.2, 0.25) is 0 Å². The highest BCUT2D eigenvalue weighted by Crippen LogP contribution is 2.25. The molecule has 3 rings (SSSR count). The average Bonchev–Trinajstić information content (AvgIpc) is 3.10. The Bertz CT molecular complexity index is 1040. The van der Waals surface area contributed by atoms with E-state index in [1.54, 1.807) is 24.3 Å². The number of nitrogens with zero attached hydrogens (tertiary/aromatic N) is 5. The molecule has 1 aromatic carbocycles. The van der Waals surface area contributed by atoms with Crippen molar-refractivity contribution in [3.05, 3.63) is 34.5 Å². The second kappa shape index (κ2) is 5.97. The van der Waals surface area contributed by atoms with E-state index in [4.69, 9.17) is 20.8 Å². The topological polar surface area (TPSA) is 183 Å². The Morgan fingerprint density at radius 1 is 1.50 bits per heavy atom. The van der Waals surface area contributed by atoms with Crippen LogP contribution in [0.3, 0.4) is 0 Å². The Hall–Kier alpha value is -4.07. The fraction of sp³-hybridized carbons (Fsp3) is 0. The third kappa shape index (κ3) is 2.66. The van der Waals surface area contributed by atoms with Crippen LogP contribution < -0.4 is 16.6 Å². The number of amidine groups is 1. The first kappa shape index (κ1) is 14.9. The number of fused-ring (bicyclic) bond motifs is 1. The molecule has 0 saturated heterocycles. The first-order valence-electron chi connectivity index (χ1n) is 6.49. The summed E-state index contributed by atoms with van der Waals surface area (Å²) in [6.45, 7) is 0. The summed E-state index contributed by atoms with van der Waals surface area (Å²) in [6.07, 6.45) is 0. The number of H-pyrrole nitrogens is 1. The van der Waals surface area contributed by atoms with Crippen LogP contribution in [0.25, 0.3) is 22.6 Å². The van der Waals surface area contributed by atoms with E-state index >= 15 is 0 Å². The summed E-state index contributed by atoms with van der Waals surface area (Å²) < 4.78 is 5.66. The number of anilines is 1. The Kier molecular flexibility index (Phi) is 3.69. The highest BCUT2D eigenvalue weighted by Gasteiger charge is 2.13. The largest absolute Gasteiger partial charge is 0.450 e. The summed E-state index contributed by atoms with van der Waals surface area (Å²) in [5.41, 5.74) is 7.68. The van der Waals surface area contributed by atoms with Gasteiger partial charge in [-0.25, -0.2) is 0 Å². The highest BCUT2D eigenvalue weighted by atomic mass is 16.3. The van der Waals surface area contributed by atoms with Crippen molar-refractivity contribution >= 4 is 28.2 Å². The second-order valence-corrected chi connectivity index (χ2v) is 4.49. The molecule has 0 aliphatic rings. The van der Waals surface area contributed by atoms with Gasteiger partial charge in [-0.2, -0.15) is 15.6 Å². The van der Waals surface area contributed by atoms with Crippen molar-refractivity contribution < 1.29 is 4.42 Å². The molecule has 2 aromatic heterocycles. The van der Waals surface area contributed by atoms with Gasteiger partial charge in [-0.15, -0.1) is 10.2 Å². The molecule has 0 fully saturated rings. The van der Waals surface area contributed by atoms with E-state index in [1.807, 2.05) is 0 Å². The summed E-state index contributed by atoms with van der Waals surface area (Å²) in [5.74, 6) is -0.250. The van der Waals surface area contributed by atoms with Crippen LogP contribution in [0.15, 0.2) is 38.6 Å². The molecule has 11 nitrogen and oxygen atoms in total. The minimum Gasteiger partial charge on any atom is -0.450 e. The molecular formula is C13H9N9O2. The van der Waals surface area contributed by atoms with Crippen molar-refractivity contribution in [3.63, 3.8) is 0 Å². The predicted octanol–water partition coefficient (Wildman–Crippen LogP) is 0.201. The molecule has 24 heavy (non-hydrogen) atoms. The van der Waals surface area contributed by atoms with Gasteiger partial charge < -0.3 is 10.2 Å². The summed E-state index contributed by atoms with van der Waals surface area (Å²) in [4.78, 5) is 12.2. The number of nitriles is 1. The van der Waals surface area contributed by atoms with Crippen LogP contribution in [0, 0.1) is 16.7 Å². The smallest absolute Gasteiger partial charge is 0.239 e. The SMILES string of the molecule is N#C/C(=N\Nc1cccc2c(=O)cc(-c3nn[nH]n3)oc12)C(=N)N. The molecule has 0 saturated carbocycles. The number of nitrogens with two attached hydrogens (primary N) is 1. The third-order valence-electron chi connectivity index (χ3n) is 2.97. The Morgan fingerprint density at radius 2 is 2.33 bits per heavy atom. The van der Waals surface area contributed by atoms with E-state index in [9.17, 15) is 4.79 Å². The number of rotatable bonds is 4. The van der Waals surface area contributed by atoms with Gasteiger partial charge in [-0.1, -0.05) is 6.07 Å². The van der Waals surface area contributed by atoms with Crippen molar-refractivity contribution in [2.75, 3.05) is 5.43 Å². The quantitative estimate of drug-likeness (QED) is 0.298. The number of nitrogens with one attached hydrogen (secondary N) is 3. The summed E-state index contributed by atoms with van der Waals surface area (Å²) >= 11 is 0. The molecule has 0 spiro atoms. The fourth-order valence-electron chi connectivity index (χ4n) is 1.90. The number of tetrazole rings is 1. The Labute approximate surface area is 133 Å². The van der Waals surface area contributed by atoms with E-state index < -0.39 is 5.84 Å². The Balaban J connectivity index is 2.14. The standard InChI is InChI=1S/C13H9N9O2/c14-5-8(12(15)16)18-17-7-3-1-2-6-9(23)4-10(24-11(6)7)13-19-21-22-20-13/h1-4,17H,(H3,15,16)(H,19,20,21,22)/b18-8+. The third-order valence-corrected chi connectivity index (χ3v) is 2.97. The van der Waals surface area contributed by atoms with E-state index in [1.165, 1.54) is 6.07 Å². The van der Waals surface area contributed by atoms with E-state index in [2.05, 4.69) is 31.2 Å². The van der Waals surface area contributed by atoms with Gasteiger partial charge in [0.2, 0.25) is 11.5 Å². The first-order chi connectivity index (χ1) is 11.6. The van der Waals surface area contributed by atoms with Crippen molar-refractivity contribution in [2.24, 2.45) is 10.8 Å². The van der Waals surface area contributed by atoms with Crippen LogP contribution in [-0.4, -0.2) is 32.2 Å². The fourth-order valence-corrected chi connectivity index (χ4v) is 1.90. The predicted molar refractivity (Wildman–Crippen MR) is 84.2 cm³/mol. The molecule has 5 N–H and O–H groups in total. The minimum atomic E-state index is -0.487. The molecule has 0 amide bonds. The van der Waals surface area contributed by atoms with Gasteiger partial charge >= 0.3 is 0 Å². The molecule has 0 radical (unpaired) electrons. The molecule has 0 aliphatic carbocycles. The van der Waals surface area contributed by atoms with Crippen molar-refractivity contribution in [1.82, 2.24) is 20.6 Å². The highest BCUT2D eigenvalue weighted by molar-refractivity contribution is 6.45. The lowest BCUT2D eigenvalue weighted by molar-refractivity contribution is 0.613. The summed E-state index contributed by atoms with van der Waals surface area (Å²) in [5, 5.41) is 33.3. The van der Waals surface area contributed by atoms with Crippen LogP contribution in [0.4, 0.5) is 5.69 Å². The van der Waals surface area contributed by atoms with Crippen LogP contribution in [0.5, 0.6) is 0 Å². The molecule has 3 aromatic rings. The molecular weight excluding hydrogens is 314 g/mol. The number of aromatic amines is 1. The lowest BCUT2D eigenvalue weighted by atomic mass is 10.2. The zero-order valence-corrected chi connectivity index (χ0v) is 11.9. The molecule has 118 valence electrons. The molecule has 0 atom stereocenters. The molecule has 0 unspecified atom stereocenters. The normalized spacial score (nSPS) is 11.2. The van der Waals surface area contributed by atoms with E-state index in [0.29, 0.717) is 11.1 Å². The Morgan fingerprint density at radius 3 is 3.00 bits per heavy atom. The zero-order chi connectivity index (χ0) is 17.1. The van der Waals surface area contributed by atoms with E-state index in [0.717, 1.165) is 0 Å². The molecule has 0 aliphatic heterocycles. The first-order valence-corrected chi connectivity index (χ1v) is 6.49. The number of hydrogen-bond acceptors (Lipinski definition) is 9. The van der Waals surface area contributed by atoms with Gasteiger partial charge in [0.05, 0.1) is 11.1 Å². The van der Waals surface area contributed by atoms with Gasteiger partial charge in [-0.3, -0.25) is 15.6 Å². The van der Waals surface area contributed by atoms with Gasteiger partial charge in [0.1, 0.15) is 6.07 Å². The number of para-hydroxylation sites is 1. The van der Waals surface area contributed by atoms with E-state index in [-0.39, 0.29) is 28.3 Å². The van der Waals surface area contributed by atoms with Crippen LogP contribution in [-0.2, 0) is 0 Å². The average molecular weight is 323 g/mol. The maximum Gasteiger partial charge on any atom is 0.239 e. The van der Waals surface area contributed by atoms with Gasteiger partial charge in [0.15, 0.2) is 22.6 Å². The van der Waals surface area contributed by atoms with Crippen LogP contribution in [0.1, 0.15) is 0 Å². The second-order valence-electron chi connectivity index (χ2n) is 4.49. The maximum atomic E-state index is 12.2. The zero-order valence-electron chi connectivity index (χ0n) is 11.9. The maximum absolute atomic E-state index is 12.2. The summed E-state index contributed by atoms with van der Waals surface area (Å²) in [6, 6.07) is 7.70. The lowest BCUT2D eigenvalue weighted by Gasteiger charge is -2.06. The number of hydrogen-bond donors (Lipinski definition) is 4. The number of aromatic nitrogens is 4. The molecule has 2 heterocycles. The van der Waals surface area contributed by atoms with Crippen LogP contribution >= 0.6 is 0 Å². The van der Waals surface area contributed by atoms with Gasteiger partial charge in [0.25, 0.3) is 0 Å². The summed E-state index contributed by atoms with van der Waals surface area (Å²) in [7, 11) is 0. The van der Waals surface area contributed by atoms with Gasteiger partial charge in [-0.05, 0) is 17.3 Å². The minimum absolute atomic E-state index is 0.117. The van der Waals surface area contributed by atoms with Gasteiger partial charge in [0, 0.05) is 6.07 Å². The lowest BCUT2D eigenvalue weighted by Crippen LogP contribution is -2.21. The monoisotopic (exact) mass is 323 g/mol. The van der Waals surface area contributed by atoms with Crippen molar-refractivity contribution in [1.29, 1.82) is 10.7 Å². The van der Waals surface area contributed by atoms with Crippen molar-refractivity contribution in [2.45, 2.75) is 0 Å². The number of benzene rings is 1. The van der Waals surface area contributed by atoms with Crippen molar-refractivity contribution in [3.8, 4) is 17.7 Å². The molecule has 11 heteroatoms.